The summed E-state index contributed by atoms with van der Waals surface area (Å²) in [4.78, 5) is 37.1. The normalized spacial score (nSPS) is 10.6. The summed E-state index contributed by atoms with van der Waals surface area (Å²) in [7, 11) is 3.22. The van der Waals surface area contributed by atoms with Gasteiger partial charge in [0.25, 0.3) is 11.8 Å². The van der Waals surface area contributed by atoms with Crippen LogP contribution in [0.5, 0.6) is 0 Å². The van der Waals surface area contributed by atoms with Crippen molar-refractivity contribution >= 4 is 28.5 Å². The largest absolute Gasteiger partial charge is 0.370 e. The molecule has 0 fully saturated rings. The van der Waals surface area contributed by atoms with Gasteiger partial charge in [-0.15, -0.1) is 0 Å². The summed E-state index contributed by atoms with van der Waals surface area (Å²) in [6.07, 6.45) is 3.89. The number of nitrogens with one attached hydrogen (secondary N) is 3. The van der Waals surface area contributed by atoms with E-state index in [9.17, 15) is 9.59 Å². The summed E-state index contributed by atoms with van der Waals surface area (Å²) < 4.78 is 0. The van der Waals surface area contributed by atoms with Crippen LogP contribution in [0, 0.1) is 0 Å². The van der Waals surface area contributed by atoms with Crippen LogP contribution >= 0.6 is 0 Å². The van der Waals surface area contributed by atoms with E-state index in [-0.39, 0.29) is 11.8 Å². The Labute approximate surface area is 191 Å². The number of para-hydroxylation sites is 1. The third-order valence-electron chi connectivity index (χ3n) is 5.36. The van der Waals surface area contributed by atoms with Crippen molar-refractivity contribution in [3.8, 4) is 11.3 Å². The summed E-state index contributed by atoms with van der Waals surface area (Å²) in [5, 5.41) is 9.45. The van der Waals surface area contributed by atoms with Crippen LogP contribution in [0.25, 0.3) is 22.2 Å². The molecule has 0 unspecified atom stereocenters. The maximum Gasteiger partial charge on any atom is 0.251 e. The smallest absolute Gasteiger partial charge is 0.251 e. The van der Waals surface area contributed by atoms with Gasteiger partial charge in [0.2, 0.25) is 0 Å². The minimum atomic E-state index is -0.130. The predicted molar refractivity (Wildman–Crippen MR) is 128 cm³/mol. The van der Waals surface area contributed by atoms with Crippen molar-refractivity contribution in [3.63, 3.8) is 0 Å². The highest BCUT2D eigenvalue weighted by atomic mass is 16.2. The molecule has 0 spiro atoms. The van der Waals surface area contributed by atoms with Gasteiger partial charge in [0.15, 0.2) is 0 Å². The minimum absolute atomic E-state index is 0.128. The van der Waals surface area contributed by atoms with Crippen molar-refractivity contribution in [1.29, 1.82) is 0 Å². The van der Waals surface area contributed by atoms with Crippen LogP contribution in [-0.2, 0) is 6.42 Å². The van der Waals surface area contributed by atoms with Crippen LogP contribution in [0.15, 0.2) is 67.1 Å². The van der Waals surface area contributed by atoms with Gasteiger partial charge in [-0.2, -0.15) is 0 Å². The Morgan fingerprint density at radius 2 is 1.67 bits per heavy atom. The number of nitrogens with zero attached hydrogens (tertiary/aromatic N) is 3. The zero-order chi connectivity index (χ0) is 23.2. The molecular weight excluding hydrogens is 416 g/mol. The van der Waals surface area contributed by atoms with Gasteiger partial charge in [-0.3, -0.25) is 14.6 Å². The highest BCUT2D eigenvalue weighted by molar-refractivity contribution is 6.06. The van der Waals surface area contributed by atoms with Crippen molar-refractivity contribution in [2.45, 2.75) is 6.42 Å². The van der Waals surface area contributed by atoms with Gasteiger partial charge in [-0.1, -0.05) is 30.3 Å². The molecule has 166 valence electrons. The molecular formula is C25H24N6O2. The molecule has 0 aliphatic carbocycles. The summed E-state index contributed by atoms with van der Waals surface area (Å²) in [5.41, 5.74) is 4.73. The lowest BCUT2D eigenvalue weighted by atomic mass is 10.0. The Bertz CT molecular complexity index is 1300. The highest BCUT2D eigenvalue weighted by Crippen LogP contribution is 2.22. The lowest BCUT2D eigenvalue weighted by Gasteiger charge is -2.10. The number of anilines is 1. The van der Waals surface area contributed by atoms with Gasteiger partial charge in [-0.25, -0.2) is 9.97 Å². The van der Waals surface area contributed by atoms with Crippen LogP contribution in [0.1, 0.15) is 26.3 Å². The van der Waals surface area contributed by atoms with Crippen molar-refractivity contribution in [2.24, 2.45) is 0 Å². The molecule has 2 aromatic heterocycles. The van der Waals surface area contributed by atoms with E-state index in [2.05, 4.69) is 30.9 Å². The van der Waals surface area contributed by atoms with Crippen molar-refractivity contribution in [3.05, 3.63) is 83.8 Å². The Morgan fingerprint density at radius 3 is 2.42 bits per heavy atom. The molecule has 8 nitrogen and oxygen atoms in total. The van der Waals surface area contributed by atoms with Crippen molar-refractivity contribution in [1.82, 2.24) is 25.6 Å². The van der Waals surface area contributed by atoms with E-state index in [0.717, 1.165) is 27.7 Å². The third kappa shape index (κ3) is 4.79. The number of hydrogen-bond acceptors (Lipinski definition) is 6. The predicted octanol–water partition coefficient (Wildman–Crippen LogP) is 3.07. The lowest BCUT2D eigenvalue weighted by molar-refractivity contribution is 0.0955. The molecule has 0 atom stereocenters. The fourth-order valence-corrected chi connectivity index (χ4v) is 3.65. The van der Waals surface area contributed by atoms with Gasteiger partial charge in [0.1, 0.15) is 12.1 Å². The number of carbonyl (C=O) groups excluding carboxylic acids is 2. The Hall–Kier alpha value is -4.33. The number of carbonyl (C=O) groups is 2. The maximum absolute atomic E-state index is 12.2. The fourth-order valence-electron chi connectivity index (χ4n) is 3.65. The Kier molecular flexibility index (Phi) is 6.54. The van der Waals surface area contributed by atoms with Crippen LogP contribution < -0.4 is 16.0 Å². The number of fused-ring (bicyclic) bond motifs is 1. The Balaban J connectivity index is 1.47. The first-order chi connectivity index (χ1) is 16.1. The molecule has 0 saturated carbocycles. The molecule has 4 rings (SSSR count). The molecule has 0 aliphatic heterocycles. The van der Waals surface area contributed by atoms with E-state index in [4.69, 9.17) is 0 Å². The molecule has 4 aromatic rings. The summed E-state index contributed by atoms with van der Waals surface area (Å²) in [5.74, 6) is 0.445. The molecule has 2 aromatic carbocycles. The topological polar surface area (TPSA) is 109 Å². The standard InChI is InChI=1S/C25H24N6O2/c1-26-24(32)18-8-6-16(7-9-18)21-14-22(31-15-30-21)28-12-10-17-4-3-5-19-20(25(33)27-2)11-13-29-23(17)19/h3-9,11,13-15H,10,12H2,1-2H3,(H,26,32)(H,27,33)(H,28,30,31). The first kappa shape index (κ1) is 21.9. The number of benzene rings is 2. The second-order valence-electron chi connectivity index (χ2n) is 7.37. The minimum Gasteiger partial charge on any atom is -0.370 e. The van der Waals surface area contributed by atoms with E-state index in [1.54, 1.807) is 38.5 Å². The Morgan fingerprint density at radius 1 is 0.879 bits per heavy atom. The monoisotopic (exact) mass is 440 g/mol. The first-order valence-electron chi connectivity index (χ1n) is 10.6. The van der Waals surface area contributed by atoms with Crippen LogP contribution in [0.3, 0.4) is 0 Å². The van der Waals surface area contributed by atoms with Crippen LogP contribution in [0.2, 0.25) is 0 Å². The lowest BCUT2D eigenvalue weighted by Crippen LogP contribution is -2.18. The van der Waals surface area contributed by atoms with Gasteiger partial charge in [0, 0.05) is 49.4 Å². The number of amides is 2. The maximum atomic E-state index is 12.2. The van der Waals surface area contributed by atoms with Crippen molar-refractivity contribution < 1.29 is 9.59 Å². The van der Waals surface area contributed by atoms with Gasteiger partial charge in [0.05, 0.1) is 16.8 Å². The average Bonchev–Trinajstić information content (AvgIpc) is 2.88. The SMILES string of the molecule is CNC(=O)c1ccc(-c2cc(NCCc3cccc4c(C(=O)NC)ccnc34)ncn2)cc1. The summed E-state index contributed by atoms with van der Waals surface area (Å²) in [6, 6.07) is 16.7. The number of rotatable bonds is 7. The average molecular weight is 441 g/mol. The molecule has 3 N–H and O–H groups in total. The summed E-state index contributed by atoms with van der Waals surface area (Å²) in [6.45, 7) is 0.636. The number of aromatic nitrogens is 3. The zero-order valence-corrected chi connectivity index (χ0v) is 18.4. The van der Waals surface area contributed by atoms with E-state index in [0.29, 0.717) is 29.9 Å². The van der Waals surface area contributed by atoms with E-state index >= 15 is 0 Å². The summed E-state index contributed by atoms with van der Waals surface area (Å²) >= 11 is 0. The molecule has 0 aliphatic rings. The molecule has 8 heteroatoms. The molecule has 0 radical (unpaired) electrons. The van der Waals surface area contributed by atoms with E-state index in [1.807, 2.05) is 36.4 Å². The highest BCUT2D eigenvalue weighted by Gasteiger charge is 2.11. The van der Waals surface area contributed by atoms with Gasteiger partial charge < -0.3 is 16.0 Å². The van der Waals surface area contributed by atoms with Crippen molar-refractivity contribution in [2.75, 3.05) is 26.0 Å². The molecule has 2 amide bonds. The van der Waals surface area contributed by atoms with E-state index in [1.165, 1.54) is 6.33 Å². The molecule has 0 saturated heterocycles. The molecule has 33 heavy (non-hydrogen) atoms. The van der Waals surface area contributed by atoms with Crippen LogP contribution in [-0.4, -0.2) is 47.4 Å². The quantitative estimate of drug-likeness (QED) is 0.408. The second-order valence-corrected chi connectivity index (χ2v) is 7.37. The number of pyridine rings is 1. The zero-order valence-electron chi connectivity index (χ0n) is 18.4. The first-order valence-corrected chi connectivity index (χ1v) is 10.6. The molecule has 0 bridgehead atoms. The third-order valence-corrected chi connectivity index (χ3v) is 5.36. The fraction of sp³-hybridized carbons (Fsp3) is 0.160. The van der Waals surface area contributed by atoms with Crippen LogP contribution in [0.4, 0.5) is 5.82 Å². The van der Waals surface area contributed by atoms with Gasteiger partial charge in [-0.05, 0) is 30.2 Å². The second kappa shape index (κ2) is 9.86. The number of hydrogen-bond donors (Lipinski definition) is 3. The van der Waals surface area contributed by atoms with Gasteiger partial charge >= 0.3 is 0 Å². The molecule has 2 heterocycles. The van der Waals surface area contributed by atoms with E-state index < -0.39 is 0 Å².